The summed E-state index contributed by atoms with van der Waals surface area (Å²) in [6, 6.07) is 1.51. The van der Waals surface area contributed by atoms with E-state index < -0.39 is 0 Å². The van der Waals surface area contributed by atoms with E-state index in [4.69, 9.17) is 0 Å². The van der Waals surface area contributed by atoms with E-state index in [0.717, 1.165) is 29.8 Å². The van der Waals surface area contributed by atoms with Crippen molar-refractivity contribution in [3.63, 3.8) is 0 Å². The van der Waals surface area contributed by atoms with E-state index in [1.165, 1.54) is 51.7 Å². The first-order valence-electron chi connectivity index (χ1n) is 8.55. The van der Waals surface area contributed by atoms with Crippen LogP contribution in [0.2, 0.25) is 0 Å². The number of likely N-dealkylation sites (tertiary alicyclic amines) is 1. The van der Waals surface area contributed by atoms with Crippen LogP contribution in [0.4, 0.5) is 0 Å². The number of hydrogen-bond donors (Lipinski definition) is 1. The molecule has 19 heavy (non-hydrogen) atoms. The van der Waals surface area contributed by atoms with Gasteiger partial charge >= 0.3 is 0 Å². The molecule has 0 aromatic rings. The fourth-order valence-electron chi connectivity index (χ4n) is 4.10. The molecule has 2 heteroatoms. The van der Waals surface area contributed by atoms with Crippen LogP contribution in [0.25, 0.3) is 0 Å². The smallest absolute Gasteiger partial charge is 0.0243 e. The quantitative estimate of drug-likeness (QED) is 0.819. The third-order valence-corrected chi connectivity index (χ3v) is 5.40. The van der Waals surface area contributed by atoms with Gasteiger partial charge in [-0.3, -0.25) is 4.90 Å². The van der Waals surface area contributed by atoms with E-state index in [2.05, 4.69) is 37.9 Å². The summed E-state index contributed by atoms with van der Waals surface area (Å²) in [5.41, 5.74) is 0. The largest absolute Gasteiger partial charge is 0.312 e. The standard InChI is InChI=1S/C17H34N2/c1-13(2)17(19-9-5-6-10-19)12-18-16-8-7-14(3)11-15(16)4/h13-18H,5-12H2,1-4H3. The highest BCUT2D eigenvalue weighted by Gasteiger charge is 2.28. The van der Waals surface area contributed by atoms with Gasteiger partial charge in [-0.25, -0.2) is 0 Å². The maximum absolute atomic E-state index is 3.91. The number of hydrogen-bond acceptors (Lipinski definition) is 2. The molecule has 1 aliphatic carbocycles. The lowest BCUT2D eigenvalue weighted by molar-refractivity contribution is 0.161. The summed E-state index contributed by atoms with van der Waals surface area (Å²) in [6.07, 6.45) is 7.01. The Morgan fingerprint density at radius 3 is 2.37 bits per heavy atom. The van der Waals surface area contributed by atoms with Crippen LogP contribution < -0.4 is 5.32 Å². The van der Waals surface area contributed by atoms with Crippen LogP contribution in [0.3, 0.4) is 0 Å². The Morgan fingerprint density at radius 2 is 1.79 bits per heavy atom. The monoisotopic (exact) mass is 266 g/mol. The summed E-state index contributed by atoms with van der Waals surface area (Å²) in [6.45, 7) is 13.5. The van der Waals surface area contributed by atoms with Crippen molar-refractivity contribution in [2.45, 2.75) is 71.9 Å². The van der Waals surface area contributed by atoms with Gasteiger partial charge in [-0.15, -0.1) is 0 Å². The minimum atomic E-state index is 0.744. The van der Waals surface area contributed by atoms with Crippen molar-refractivity contribution in [2.75, 3.05) is 19.6 Å². The summed E-state index contributed by atoms with van der Waals surface area (Å²) >= 11 is 0. The van der Waals surface area contributed by atoms with Gasteiger partial charge in [0, 0.05) is 18.6 Å². The van der Waals surface area contributed by atoms with Crippen molar-refractivity contribution in [3.05, 3.63) is 0 Å². The Balaban J connectivity index is 1.81. The predicted octanol–water partition coefficient (Wildman–Crippen LogP) is 3.52. The molecule has 0 bridgehead atoms. The van der Waals surface area contributed by atoms with Crippen LogP contribution in [0.15, 0.2) is 0 Å². The average molecular weight is 266 g/mol. The molecule has 0 radical (unpaired) electrons. The minimum Gasteiger partial charge on any atom is -0.312 e. The summed E-state index contributed by atoms with van der Waals surface area (Å²) in [5.74, 6) is 2.56. The molecule has 4 unspecified atom stereocenters. The number of nitrogens with one attached hydrogen (secondary N) is 1. The van der Waals surface area contributed by atoms with Crippen LogP contribution >= 0.6 is 0 Å². The van der Waals surface area contributed by atoms with Crippen LogP contribution in [-0.4, -0.2) is 36.6 Å². The molecular formula is C17H34N2. The molecule has 1 N–H and O–H groups in total. The molecule has 2 rings (SSSR count). The molecule has 0 amide bonds. The lowest BCUT2D eigenvalue weighted by atomic mass is 9.80. The SMILES string of the molecule is CC1CCC(NCC(C(C)C)N2CCCC2)C(C)C1. The van der Waals surface area contributed by atoms with Crippen LogP contribution in [0, 0.1) is 17.8 Å². The van der Waals surface area contributed by atoms with Gasteiger partial charge in [0.15, 0.2) is 0 Å². The van der Waals surface area contributed by atoms with E-state index in [-0.39, 0.29) is 0 Å². The molecule has 1 aliphatic heterocycles. The zero-order valence-corrected chi connectivity index (χ0v) is 13.5. The first-order valence-corrected chi connectivity index (χ1v) is 8.55. The molecule has 2 aliphatic rings. The molecular weight excluding hydrogens is 232 g/mol. The maximum Gasteiger partial charge on any atom is 0.0243 e. The normalized spacial score (nSPS) is 34.9. The molecule has 0 spiro atoms. The van der Waals surface area contributed by atoms with Crippen molar-refractivity contribution < 1.29 is 0 Å². The van der Waals surface area contributed by atoms with Crippen molar-refractivity contribution in [1.82, 2.24) is 10.2 Å². The fraction of sp³-hybridized carbons (Fsp3) is 1.00. The molecule has 112 valence electrons. The van der Waals surface area contributed by atoms with Gasteiger partial charge in [0.05, 0.1) is 0 Å². The van der Waals surface area contributed by atoms with Crippen molar-refractivity contribution in [2.24, 2.45) is 17.8 Å². The molecule has 2 fully saturated rings. The highest BCUT2D eigenvalue weighted by atomic mass is 15.2. The highest BCUT2D eigenvalue weighted by molar-refractivity contribution is 4.85. The number of rotatable bonds is 5. The second-order valence-corrected chi connectivity index (χ2v) is 7.46. The van der Waals surface area contributed by atoms with E-state index in [1.807, 2.05) is 0 Å². The zero-order chi connectivity index (χ0) is 13.8. The Labute approximate surface area is 120 Å². The Morgan fingerprint density at radius 1 is 1.11 bits per heavy atom. The average Bonchev–Trinajstić information content (AvgIpc) is 2.85. The Hall–Kier alpha value is -0.0800. The fourth-order valence-corrected chi connectivity index (χ4v) is 4.10. The maximum atomic E-state index is 3.91. The van der Waals surface area contributed by atoms with E-state index in [0.29, 0.717) is 0 Å². The first-order chi connectivity index (χ1) is 9.08. The summed E-state index contributed by atoms with van der Waals surface area (Å²) in [7, 11) is 0. The van der Waals surface area contributed by atoms with Crippen molar-refractivity contribution in [3.8, 4) is 0 Å². The molecule has 2 nitrogen and oxygen atoms in total. The minimum absolute atomic E-state index is 0.744. The van der Waals surface area contributed by atoms with Gasteiger partial charge in [0.2, 0.25) is 0 Å². The second kappa shape index (κ2) is 7.08. The second-order valence-electron chi connectivity index (χ2n) is 7.46. The molecule has 1 saturated heterocycles. The zero-order valence-electron chi connectivity index (χ0n) is 13.5. The highest BCUT2D eigenvalue weighted by Crippen LogP contribution is 2.29. The van der Waals surface area contributed by atoms with Crippen LogP contribution in [0.1, 0.15) is 59.8 Å². The third kappa shape index (κ3) is 4.19. The van der Waals surface area contributed by atoms with Gasteiger partial charge in [-0.2, -0.15) is 0 Å². The summed E-state index contributed by atoms with van der Waals surface area (Å²) in [5, 5.41) is 3.91. The molecule has 0 aromatic carbocycles. The van der Waals surface area contributed by atoms with Crippen molar-refractivity contribution >= 4 is 0 Å². The number of nitrogens with zero attached hydrogens (tertiary/aromatic N) is 1. The Bertz CT molecular complexity index is 258. The van der Waals surface area contributed by atoms with Crippen LogP contribution in [-0.2, 0) is 0 Å². The van der Waals surface area contributed by atoms with E-state index in [1.54, 1.807) is 0 Å². The molecule has 1 heterocycles. The first kappa shape index (κ1) is 15.3. The van der Waals surface area contributed by atoms with Gasteiger partial charge in [-0.05, 0) is 62.9 Å². The van der Waals surface area contributed by atoms with Crippen molar-refractivity contribution in [1.29, 1.82) is 0 Å². The van der Waals surface area contributed by atoms with Gasteiger partial charge < -0.3 is 5.32 Å². The van der Waals surface area contributed by atoms with Gasteiger partial charge in [0.25, 0.3) is 0 Å². The van der Waals surface area contributed by atoms with E-state index in [9.17, 15) is 0 Å². The topological polar surface area (TPSA) is 15.3 Å². The lowest BCUT2D eigenvalue weighted by Crippen LogP contribution is -2.49. The third-order valence-electron chi connectivity index (χ3n) is 5.40. The van der Waals surface area contributed by atoms with Gasteiger partial charge in [0.1, 0.15) is 0 Å². The summed E-state index contributed by atoms with van der Waals surface area (Å²) in [4.78, 5) is 2.72. The van der Waals surface area contributed by atoms with E-state index >= 15 is 0 Å². The Kier molecular flexibility index (Phi) is 5.70. The molecule has 0 aromatic heterocycles. The van der Waals surface area contributed by atoms with Gasteiger partial charge in [-0.1, -0.05) is 27.7 Å². The van der Waals surface area contributed by atoms with Crippen LogP contribution in [0.5, 0.6) is 0 Å². The predicted molar refractivity (Wildman–Crippen MR) is 83.4 cm³/mol. The lowest BCUT2D eigenvalue weighted by Gasteiger charge is -2.37. The molecule has 1 saturated carbocycles. The molecule has 4 atom stereocenters. The summed E-state index contributed by atoms with van der Waals surface area (Å²) < 4.78 is 0.